The molecule has 0 bridgehead atoms. The van der Waals surface area contributed by atoms with Crippen LogP contribution < -0.4 is 5.32 Å². The van der Waals surface area contributed by atoms with Gasteiger partial charge in [0.1, 0.15) is 0 Å². The van der Waals surface area contributed by atoms with E-state index in [-0.39, 0.29) is 6.42 Å². The molecular weight excluding hydrogens is 366 g/mol. The lowest BCUT2D eigenvalue weighted by atomic mass is 9.98. The summed E-state index contributed by atoms with van der Waals surface area (Å²) in [7, 11) is 0. The standard InChI is InChI=1S/C23H19N3O3/c1-15-6-2-4-8-19(15)21(11-22(27)28)26-23(29)18-10-17(13-25-14-18)20-9-5-3-7-16(20)12-24/h2-10,13-14,21H,11H2,1H3,(H,26,29)(H,27,28)/t21-/m0/s1. The summed E-state index contributed by atoms with van der Waals surface area (Å²) >= 11 is 0. The topological polar surface area (TPSA) is 103 Å². The van der Waals surface area contributed by atoms with Gasteiger partial charge in [-0.1, -0.05) is 42.5 Å². The molecule has 3 rings (SSSR count). The van der Waals surface area contributed by atoms with Gasteiger partial charge in [0.2, 0.25) is 0 Å². The number of hydrogen-bond acceptors (Lipinski definition) is 4. The highest BCUT2D eigenvalue weighted by Gasteiger charge is 2.21. The third-order valence-corrected chi connectivity index (χ3v) is 4.61. The van der Waals surface area contributed by atoms with Gasteiger partial charge in [-0.3, -0.25) is 14.6 Å². The van der Waals surface area contributed by atoms with Crippen LogP contribution in [0.25, 0.3) is 11.1 Å². The zero-order valence-electron chi connectivity index (χ0n) is 15.8. The quantitative estimate of drug-likeness (QED) is 0.670. The molecule has 0 radical (unpaired) electrons. The molecule has 1 amide bonds. The first-order valence-corrected chi connectivity index (χ1v) is 9.02. The number of benzene rings is 2. The van der Waals surface area contributed by atoms with Crippen molar-refractivity contribution in [3.05, 3.63) is 89.2 Å². The highest BCUT2D eigenvalue weighted by Crippen LogP contribution is 2.24. The molecule has 0 aliphatic carbocycles. The highest BCUT2D eigenvalue weighted by molar-refractivity contribution is 5.95. The monoisotopic (exact) mass is 385 g/mol. The Bertz CT molecular complexity index is 1100. The highest BCUT2D eigenvalue weighted by atomic mass is 16.4. The molecule has 0 saturated carbocycles. The van der Waals surface area contributed by atoms with Crippen molar-refractivity contribution >= 4 is 11.9 Å². The summed E-state index contributed by atoms with van der Waals surface area (Å²) in [6.45, 7) is 1.87. The number of carboxylic acid groups (broad SMARTS) is 1. The van der Waals surface area contributed by atoms with Gasteiger partial charge in [-0.15, -0.1) is 0 Å². The lowest BCUT2D eigenvalue weighted by molar-refractivity contribution is -0.137. The third-order valence-electron chi connectivity index (χ3n) is 4.61. The Morgan fingerprint density at radius 1 is 1.14 bits per heavy atom. The molecule has 144 valence electrons. The Kier molecular flexibility index (Phi) is 6.00. The normalized spacial score (nSPS) is 11.3. The van der Waals surface area contributed by atoms with E-state index in [9.17, 15) is 20.0 Å². The summed E-state index contributed by atoms with van der Waals surface area (Å²) in [5.41, 5.74) is 3.74. The molecule has 0 unspecified atom stereocenters. The second-order valence-corrected chi connectivity index (χ2v) is 6.60. The van der Waals surface area contributed by atoms with Crippen LogP contribution in [0, 0.1) is 18.3 Å². The van der Waals surface area contributed by atoms with Crippen LogP contribution in [0.1, 0.15) is 39.5 Å². The summed E-state index contributed by atoms with van der Waals surface area (Å²) in [4.78, 5) is 28.3. The molecule has 2 aromatic carbocycles. The lowest BCUT2D eigenvalue weighted by Gasteiger charge is -2.19. The molecule has 1 atom stereocenters. The average molecular weight is 385 g/mol. The van der Waals surface area contributed by atoms with Gasteiger partial charge < -0.3 is 10.4 Å². The molecular formula is C23H19N3O3. The molecule has 1 heterocycles. The Morgan fingerprint density at radius 2 is 1.86 bits per heavy atom. The summed E-state index contributed by atoms with van der Waals surface area (Å²) in [5, 5.41) is 21.4. The van der Waals surface area contributed by atoms with Crippen molar-refractivity contribution in [2.24, 2.45) is 0 Å². The number of hydrogen-bond donors (Lipinski definition) is 2. The number of carbonyl (C=O) groups is 2. The molecule has 6 heteroatoms. The van der Waals surface area contributed by atoms with Crippen LogP contribution in [-0.4, -0.2) is 22.0 Å². The average Bonchev–Trinajstić information content (AvgIpc) is 2.73. The maximum absolute atomic E-state index is 12.9. The van der Waals surface area contributed by atoms with Crippen molar-refractivity contribution in [2.45, 2.75) is 19.4 Å². The van der Waals surface area contributed by atoms with Gasteiger partial charge in [0.25, 0.3) is 5.91 Å². The first-order chi connectivity index (χ1) is 14.0. The third kappa shape index (κ3) is 4.66. The van der Waals surface area contributed by atoms with Gasteiger partial charge in [0.05, 0.1) is 29.7 Å². The Labute approximate surface area is 168 Å². The number of rotatable bonds is 6. The molecule has 2 N–H and O–H groups in total. The van der Waals surface area contributed by atoms with E-state index in [0.717, 1.165) is 11.1 Å². The van der Waals surface area contributed by atoms with Crippen LogP contribution in [0.3, 0.4) is 0 Å². The molecule has 29 heavy (non-hydrogen) atoms. The van der Waals surface area contributed by atoms with Crippen molar-refractivity contribution in [1.29, 1.82) is 5.26 Å². The number of pyridine rings is 1. The molecule has 6 nitrogen and oxygen atoms in total. The van der Waals surface area contributed by atoms with Gasteiger partial charge in [-0.05, 0) is 30.2 Å². The minimum Gasteiger partial charge on any atom is -0.481 e. The predicted molar refractivity (Wildman–Crippen MR) is 108 cm³/mol. The summed E-state index contributed by atoms with van der Waals surface area (Å²) in [5.74, 6) is -1.43. The van der Waals surface area contributed by atoms with Gasteiger partial charge in [-0.25, -0.2) is 0 Å². The summed E-state index contributed by atoms with van der Waals surface area (Å²) in [6.07, 6.45) is 2.77. The smallest absolute Gasteiger partial charge is 0.305 e. The van der Waals surface area contributed by atoms with Crippen molar-refractivity contribution in [2.75, 3.05) is 0 Å². The predicted octanol–water partition coefficient (Wildman–Crippen LogP) is 3.87. The number of aryl methyl sites for hydroxylation is 1. The van der Waals surface area contributed by atoms with E-state index >= 15 is 0 Å². The number of nitrogens with zero attached hydrogens (tertiary/aromatic N) is 2. The first kappa shape index (κ1) is 19.8. The van der Waals surface area contributed by atoms with E-state index in [0.29, 0.717) is 22.3 Å². The largest absolute Gasteiger partial charge is 0.481 e. The maximum atomic E-state index is 12.9. The van der Waals surface area contributed by atoms with E-state index in [1.807, 2.05) is 31.2 Å². The molecule has 0 aliphatic rings. The second kappa shape index (κ2) is 8.81. The van der Waals surface area contributed by atoms with Crippen LogP contribution in [0.5, 0.6) is 0 Å². The van der Waals surface area contributed by atoms with E-state index < -0.39 is 17.9 Å². The molecule has 0 saturated heterocycles. The van der Waals surface area contributed by atoms with Crippen LogP contribution in [0.4, 0.5) is 0 Å². The van der Waals surface area contributed by atoms with Crippen molar-refractivity contribution in [3.8, 4) is 17.2 Å². The number of carbonyl (C=O) groups excluding carboxylic acids is 1. The van der Waals surface area contributed by atoms with Gasteiger partial charge in [-0.2, -0.15) is 5.26 Å². The van der Waals surface area contributed by atoms with Crippen molar-refractivity contribution in [1.82, 2.24) is 10.3 Å². The van der Waals surface area contributed by atoms with Crippen LogP contribution >= 0.6 is 0 Å². The fourth-order valence-corrected chi connectivity index (χ4v) is 3.18. The van der Waals surface area contributed by atoms with Crippen LogP contribution in [0.2, 0.25) is 0 Å². The molecule has 3 aromatic rings. The minimum atomic E-state index is -1.01. The second-order valence-electron chi connectivity index (χ2n) is 6.60. The molecule has 0 aliphatic heterocycles. The number of aliphatic carboxylic acids is 1. The Hall–Kier alpha value is -3.98. The van der Waals surface area contributed by atoms with Gasteiger partial charge in [0, 0.05) is 23.5 Å². The summed E-state index contributed by atoms with van der Waals surface area (Å²) < 4.78 is 0. The van der Waals surface area contributed by atoms with E-state index in [4.69, 9.17) is 0 Å². The number of carboxylic acids is 1. The number of nitriles is 1. The van der Waals surface area contributed by atoms with Gasteiger partial charge >= 0.3 is 5.97 Å². The Balaban J connectivity index is 1.90. The van der Waals surface area contributed by atoms with Crippen LogP contribution in [0.15, 0.2) is 67.0 Å². The van der Waals surface area contributed by atoms with E-state index in [1.165, 1.54) is 6.20 Å². The molecule has 1 aromatic heterocycles. The van der Waals surface area contributed by atoms with Crippen molar-refractivity contribution < 1.29 is 14.7 Å². The SMILES string of the molecule is Cc1ccccc1[C@H](CC(=O)O)NC(=O)c1cncc(-c2ccccc2C#N)c1. The lowest BCUT2D eigenvalue weighted by Crippen LogP contribution is -2.30. The minimum absolute atomic E-state index is 0.235. The first-order valence-electron chi connectivity index (χ1n) is 9.02. The Morgan fingerprint density at radius 3 is 2.59 bits per heavy atom. The fraction of sp³-hybridized carbons (Fsp3) is 0.130. The molecule has 0 fully saturated rings. The van der Waals surface area contributed by atoms with Gasteiger partial charge in [0.15, 0.2) is 0 Å². The maximum Gasteiger partial charge on any atom is 0.305 e. The zero-order valence-corrected chi connectivity index (χ0v) is 15.8. The number of amides is 1. The van der Waals surface area contributed by atoms with Crippen LogP contribution in [-0.2, 0) is 4.79 Å². The molecule has 0 spiro atoms. The van der Waals surface area contributed by atoms with E-state index in [2.05, 4.69) is 16.4 Å². The number of nitrogens with one attached hydrogen (secondary N) is 1. The summed E-state index contributed by atoms with van der Waals surface area (Å²) in [6, 6.07) is 17.5. The fourth-order valence-electron chi connectivity index (χ4n) is 3.18. The van der Waals surface area contributed by atoms with Crippen molar-refractivity contribution in [3.63, 3.8) is 0 Å². The number of aromatic nitrogens is 1. The zero-order chi connectivity index (χ0) is 20.8. The van der Waals surface area contributed by atoms with E-state index in [1.54, 1.807) is 36.5 Å².